The number of ether oxygens (including phenoxy) is 3. The first kappa shape index (κ1) is 13.2. The molecule has 0 bridgehead atoms. The van der Waals surface area contributed by atoms with Gasteiger partial charge in [0.1, 0.15) is 6.10 Å². The fraction of sp³-hybridized carbons (Fsp3) is 0.571. The fourth-order valence-electron chi connectivity index (χ4n) is 1.93. The Labute approximate surface area is 107 Å². The van der Waals surface area contributed by atoms with Crippen molar-refractivity contribution >= 4 is 0 Å². The van der Waals surface area contributed by atoms with Gasteiger partial charge in [-0.1, -0.05) is 6.07 Å². The molecule has 0 aromatic heterocycles. The molecule has 1 N–H and O–H groups in total. The lowest BCUT2D eigenvalue weighted by atomic mass is 9.98. The predicted molar refractivity (Wildman–Crippen MR) is 68.1 cm³/mol. The third-order valence-corrected chi connectivity index (χ3v) is 3.05. The van der Waals surface area contributed by atoms with Crippen LogP contribution < -0.4 is 9.47 Å². The first-order chi connectivity index (χ1) is 8.50. The van der Waals surface area contributed by atoms with E-state index in [1.54, 1.807) is 21.0 Å². The van der Waals surface area contributed by atoms with Crippen LogP contribution in [0.3, 0.4) is 0 Å². The average Bonchev–Trinajstić information content (AvgIpc) is 2.80. The van der Waals surface area contributed by atoms with Crippen LogP contribution in [0.4, 0.5) is 0 Å². The van der Waals surface area contributed by atoms with Crippen LogP contribution in [0, 0.1) is 0 Å². The van der Waals surface area contributed by atoms with Crippen molar-refractivity contribution in [1.82, 2.24) is 0 Å². The van der Waals surface area contributed by atoms with Gasteiger partial charge in [-0.15, -0.1) is 0 Å². The Bertz CT molecular complexity index is 403. The van der Waals surface area contributed by atoms with Gasteiger partial charge in [-0.3, -0.25) is 0 Å². The molecule has 0 aliphatic carbocycles. The zero-order valence-electron chi connectivity index (χ0n) is 11.1. The molecule has 100 valence electrons. The third kappa shape index (κ3) is 2.94. The number of benzene rings is 1. The van der Waals surface area contributed by atoms with Crippen molar-refractivity contribution in [2.45, 2.75) is 32.0 Å². The van der Waals surface area contributed by atoms with E-state index >= 15 is 0 Å². The highest BCUT2D eigenvalue weighted by Gasteiger charge is 2.22. The van der Waals surface area contributed by atoms with E-state index in [4.69, 9.17) is 14.2 Å². The van der Waals surface area contributed by atoms with Crippen molar-refractivity contribution in [1.29, 1.82) is 0 Å². The molecular weight excluding hydrogens is 232 g/mol. The monoisotopic (exact) mass is 252 g/mol. The maximum atomic E-state index is 10.0. The number of aliphatic hydroxyl groups is 1. The number of methoxy groups -OCH3 is 1. The quantitative estimate of drug-likeness (QED) is 0.891. The van der Waals surface area contributed by atoms with Gasteiger partial charge < -0.3 is 19.3 Å². The van der Waals surface area contributed by atoms with Crippen molar-refractivity contribution in [3.8, 4) is 11.5 Å². The van der Waals surface area contributed by atoms with Crippen LogP contribution in [-0.4, -0.2) is 31.5 Å². The predicted octanol–water partition coefficient (Wildman–Crippen LogP) is 2.09. The minimum absolute atomic E-state index is 0.0657. The highest BCUT2D eigenvalue weighted by molar-refractivity contribution is 5.44. The van der Waals surface area contributed by atoms with Crippen LogP contribution in [0.25, 0.3) is 0 Å². The third-order valence-electron chi connectivity index (χ3n) is 3.05. The van der Waals surface area contributed by atoms with Crippen LogP contribution in [0.2, 0.25) is 0 Å². The fourth-order valence-corrected chi connectivity index (χ4v) is 1.93. The summed E-state index contributed by atoms with van der Waals surface area (Å²) in [6.45, 7) is 4.84. The van der Waals surface area contributed by atoms with Gasteiger partial charge in [-0.25, -0.2) is 0 Å². The highest BCUT2D eigenvalue weighted by Crippen LogP contribution is 2.33. The van der Waals surface area contributed by atoms with Gasteiger partial charge in [0, 0.05) is 6.42 Å². The summed E-state index contributed by atoms with van der Waals surface area (Å²) in [6, 6.07) is 5.49. The van der Waals surface area contributed by atoms with Crippen LogP contribution in [0.15, 0.2) is 18.2 Å². The molecule has 1 fully saturated rings. The van der Waals surface area contributed by atoms with E-state index in [-0.39, 0.29) is 6.10 Å². The molecule has 1 aromatic carbocycles. The van der Waals surface area contributed by atoms with E-state index in [0.29, 0.717) is 18.1 Å². The lowest BCUT2D eigenvalue weighted by molar-refractivity contribution is 0.0777. The number of rotatable bonds is 4. The first-order valence-corrected chi connectivity index (χ1v) is 6.16. The van der Waals surface area contributed by atoms with E-state index in [1.807, 2.05) is 18.2 Å². The lowest BCUT2D eigenvalue weighted by Crippen LogP contribution is -2.18. The molecular formula is C14H20O4. The largest absolute Gasteiger partial charge is 0.493 e. The molecule has 0 spiro atoms. The second kappa shape index (κ2) is 5.16. The zero-order chi connectivity index (χ0) is 13.2. The second-order valence-corrected chi connectivity index (χ2v) is 5.03. The molecule has 0 amide bonds. The molecule has 1 aliphatic heterocycles. The maximum absolute atomic E-state index is 10.0. The SMILES string of the molecule is COc1ccc(C(C)(C)O)cc1OC1CCOC1. The van der Waals surface area contributed by atoms with Crippen molar-refractivity contribution in [3.05, 3.63) is 23.8 Å². The van der Waals surface area contributed by atoms with Gasteiger partial charge in [0.15, 0.2) is 11.5 Å². The van der Waals surface area contributed by atoms with Gasteiger partial charge >= 0.3 is 0 Å². The molecule has 0 saturated carbocycles. The van der Waals surface area contributed by atoms with Crippen LogP contribution in [0.1, 0.15) is 25.8 Å². The minimum Gasteiger partial charge on any atom is -0.493 e. The highest BCUT2D eigenvalue weighted by atomic mass is 16.6. The summed E-state index contributed by atoms with van der Waals surface area (Å²) in [5.74, 6) is 1.34. The molecule has 4 heteroatoms. The van der Waals surface area contributed by atoms with Gasteiger partial charge in [-0.05, 0) is 31.5 Å². The molecule has 1 aliphatic rings. The van der Waals surface area contributed by atoms with Gasteiger partial charge in [0.2, 0.25) is 0 Å². The minimum atomic E-state index is -0.892. The van der Waals surface area contributed by atoms with E-state index < -0.39 is 5.60 Å². The Morgan fingerprint density at radius 3 is 2.67 bits per heavy atom. The molecule has 1 unspecified atom stereocenters. The Balaban J connectivity index is 2.24. The van der Waals surface area contributed by atoms with E-state index in [2.05, 4.69) is 0 Å². The average molecular weight is 252 g/mol. The smallest absolute Gasteiger partial charge is 0.162 e. The van der Waals surface area contributed by atoms with Crippen molar-refractivity contribution in [3.63, 3.8) is 0 Å². The van der Waals surface area contributed by atoms with E-state index in [1.165, 1.54) is 0 Å². The molecule has 1 atom stereocenters. The van der Waals surface area contributed by atoms with Crippen molar-refractivity contribution in [2.75, 3.05) is 20.3 Å². The molecule has 1 aromatic rings. The molecule has 4 nitrogen and oxygen atoms in total. The van der Waals surface area contributed by atoms with Gasteiger partial charge in [0.05, 0.1) is 25.9 Å². The number of hydrogen-bond donors (Lipinski definition) is 1. The normalized spacial score (nSPS) is 19.9. The lowest BCUT2D eigenvalue weighted by Gasteiger charge is -2.21. The van der Waals surface area contributed by atoms with Crippen LogP contribution >= 0.6 is 0 Å². The summed E-state index contributed by atoms with van der Waals surface area (Å²) >= 11 is 0. The summed E-state index contributed by atoms with van der Waals surface area (Å²) in [7, 11) is 1.61. The molecule has 1 heterocycles. The molecule has 2 rings (SSSR count). The van der Waals surface area contributed by atoms with Gasteiger partial charge in [0.25, 0.3) is 0 Å². The first-order valence-electron chi connectivity index (χ1n) is 6.16. The summed E-state index contributed by atoms with van der Waals surface area (Å²) in [5, 5.41) is 10.0. The van der Waals surface area contributed by atoms with Crippen LogP contribution in [-0.2, 0) is 10.3 Å². The summed E-state index contributed by atoms with van der Waals surface area (Å²) < 4.78 is 16.4. The molecule has 1 saturated heterocycles. The Kier molecular flexibility index (Phi) is 3.78. The summed E-state index contributed by atoms with van der Waals surface area (Å²) in [6.07, 6.45) is 0.951. The second-order valence-electron chi connectivity index (χ2n) is 5.03. The van der Waals surface area contributed by atoms with E-state index in [9.17, 15) is 5.11 Å². The topological polar surface area (TPSA) is 47.9 Å². The Morgan fingerprint density at radius 1 is 1.33 bits per heavy atom. The summed E-state index contributed by atoms with van der Waals surface area (Å²) in [4.78, 5) is 0. The van der Waals surface area contributed by atoms with E-state index in [0.717, 1.165) is 18.6 Å². The summed E-state index contributed by atoms with van der Waals surface area (Å²) in [5.41, 5.74) is -0.0893. The molecule has 0 radical (unpaired) electrons. The van der Waals surface area contributed by atoms with Crippen molar-refractivity contribution in [2.24, 2.45) is 0 Å². The number of hydrogen-bond acceptors (Lipinski definition) is 4. The Hall–Kier alpha value is -1.26. The molecule has 18 heavy (non-hydrogen) atoms. The maximum Gasteiger partial charge on any atom is 0.162 e. The van der Waals surface area contributed by atoms with Gasteiger partial charge in [-0.2, -0.15) is 0 Å². The standard InChI is InChI=1S/C14H20O4/c1-14(2,15)10-4-5-12(16-3)13(8-10)18-11-6-7-17-9-11/h4-5,8,11,15H,6-7,9H2,1-3H3. The Morgan fingerprint density at radius 2 is 2.11 bits per heavy atom. The van der Waals surface area contributed by atoms with Crippen molar-refractivity contribution < 1.29 is 19.3 Å². The zero-order valence-corrected chi connectivity index (χ0v) is 11.1. The van der Waals surface area contributed by atoms with Crippen LogP contribution in [0.5, 0.6) is 11.5 Å².